The summed E-state index contributed by atoms with van der Waals surface area (Å²) < 4.78 is 5.72. The third kappa shape index (κ3) is 4.48. The number of carboxylic acid groups (broad SMARTS) is 1. The number of rotatable bonds is 5. The maximum absolute atomic E-state index is 12.1. The van der Waals surface area contributed by atoms with E-state index in [0.717, 1.165) is 45.1 Å². The van der Waals surface area contributed by atoms with Crippen molar-refractivity contribution in [3.8, 4) is 33.0 Å². The van der Waals surface area contributed by atoms with E-state index in [1.54, 1.807) is 17.0 Å². The number of nitriles is 1. The number of hydrogen-bond acceptors (Lipinski definition) is 6. The molecule has 0 spiro atoms. The lowest BCUT2D eigenvalue weighted by Crippen LogP contribution is -2.46. The maximum atomic E-state index is 12.1. The molecule has 1 aliphatic carbocycles. The van der Waals surface area contributed by atoms with Crippen LogP contribution in [0.3, 0.4) is 0 Å². The summed E-state index contributed by atoms with van der Waals surface area (Å²) in [6.07, 6.45) is 0.590. The van der Waals surface area contributed by atoms with E-state index in [0.29, 0.717) is 11.3 Å². The van der Waals surface area contributed by atoms with Crippen molar-refractivity contribution in [1.82, 2.24) is 15.1 Å². The topological polar surface area (TPSA) is 99.3 Å². The Morgan fingerprint density at radius 1 is 1.24 bits per heavy atom. The second-order valence-electron chi connectivity index (χ2n) is 9.65. The summed E-state index contributed by atoms with van der Waals surface area (Å²) in [6, 6.07) is 13.5. The number of carbonyl (C=O) groups is 1. The second-order valence-corrected chi connectivity index (χ2v) is 10.6. The molecule has 0 fully saturated rings. The molecule has 1 heterocycles. The highest BCUT2D eigenvalue weighted by Crippen LogP contribution is 2.44. The fourth-order valence-electron chi connectivity index (χ4n) is 4.54. The van der Waals surface area contributed by atoms with Gasteiger partial charge < -0.3 is 9.84 Å². The van der Waals surface area contributed by atoms with Crippen LogP contribution in [0.2, 0.25) is 0 Å². The van der Waals surface area contributed by atoms with Crippen LogP contribution in [-0.4, -0.2) is 37.9 Å². The Balaban J connectivity index is 1.68. The molecule has 1 amide bonds. The lowest BCUT2D eigenvalue weighted by atomic mass is 9.98. The molecule has 0 saturated heterocycles. The Kier molecular flexibility index (Phi) is 6.32. The molecular formula is C26H28N4O3S. The second kappa shape index (κ2) is 9.07. The highest BCUT2D eigenvalue weighted by Gasteiger charge is 2.38. The van der Waals surface area contributed by atoms with Crippen molar-refractivity contribution < 1.29 is 14.6 Å². The largest absolute Gasteiger partial charge is 0.490 e. The number of fused-ring (bicyclic) bond motifs is 1. The van der Waals surface area contributed by atoms with Crippen molar-refractivity contribution in [3.05, 3.63) is 53.1 Å². The summed E-state index contributed by atoms with van der Waals surface area (Å²) in [5.74, 6) is 0.555. The Labute approximate surface area is 203 Å². The molecule has 1 N–H and O–H groups in total. The molecule has 1 atom stereocenters. The van der Waals surface area contributed by atoms with Gasteiger partial charge in [-0.15, -0.1) is 10.2 Å². The molecule has 0 saturated carbocycles. The number of hydrogen-bond donors (Lipinski definition) is 1. The van der Waals surface area contributed by atoms with Gasteiger partial charge in [0.2, 0.25) is 0 Å². The zero-order valence-corrected chi connectivity index (χ0v) is 20.8. The number of nitrogens with zero attached hydrogens (tertiary/aromatic N) is 4. The normalized spacial score (nSPS) is 15.1. The van der Waals surface area contributed by atoms with E-state index in [1.807, 2.05) is 58.9 Å². The summed E-state index contributed by atoms with van der Waals surface area (Å²) in [5, 5.41) is 29.8. The number of benzene rings is 2. The van der Waals surface area contributed by atoms with Gasteiger partial charge in [0.25, 0.3) is 0 Å². The Bertz CT molecular complexity index is 1270. The Morgan fingerprint density at radius 2 is 1.97 bits per heavy atom. The van der Waals surface area contributed by atoms with Crippen LogP contribution in [0, 0.1) is 11.3 Å². The minimum atomic E-state index is -0.910. The van der Waals surface area contributed by atoms with Crippen LogP contribution in [0.15, 0.2) is 36.4 Å². The molecular weight excluding hydrogens is 448 g/mol. The molecule has 176 valence electrons. The maximum Gasteiger partial charge on any atom is 0.408 e. The van der Waals surface area contributed by atoms with Crippen LogP contribution >= 0.6 is 11.3 Å². The summed E-state index contributed by atoms with van der Waals surface area (Å²) in [5.41, 5.74) is 3.92. The average Bonchev–Trinajstić information content (AvgIpc) is 3.40. The lowest BCUT2D eigenvalue weighted by molar-refractivity contribution is 0.0701. The van der Waals surface area contributed by atoms with Crippen molar-refractivity contribution in [1.29, 1.82) is 5.26 Å². The molecule has 4 rings (SSSR count). The van der Waals surface area contributed by atoms with Crippen LogP contribution in [0.5, 0.6) is 5.75 Å². The molecule has 34 heavy (non-hydrogen) atoms. The molecule has 0 unspecified atom stereocenters. The molecule has 3 aromatic rings. The van der Waals surface area contributed by atoms with Crippen LogP contribution in [0.1, 0.15) is 63.8 Å². The first-order valence-corrected chi connectivity index (χ1v) is 12.1. The first kappa shape index (κ1) is 23.7. The molecule has 7 nitrogen and oxygen atoms in total. The summed E-state index contributed by atoms with van der Waals surface area (Å²) >= 11 is 1.46. The van der Waals surface area contributed by atoms with Crippen LogP contribution in [0.4, 0.5) is 4.79 Å². The van der Waals surface area contributed by atoms with Crippen molar-refractivity contribution in [3.63, 3.8) is 0 Å². The fraction of sp³-hybridized carbons (Fsp3) is 0.385. The first-order valence-electron chi connectivity index (χ1n) is 11.3. The lowest BCUT2D eigenvalue weighted by Gasteiger charge is -2.38. The van der Waals surface area contributed by atoms with Gasteiger partial charge in [-0.1, -0.05) is 29.5 Å². The van der Waals surface area contributed by atoms with Gasteiger partial charge in [-0.25, -0.2) is 4.79 Å². The summed E-state index contributed by atoms with van der Waals surface area (Å²) in [4.78, 5) is 13.6. The number of ether oxygens (including phenoxy) is 1. The van der Waals surface area contributed by atoms with Crippen LogP contribution in [-0.2, 0) is 6.42 Å². The number of amides is 1. The van der Waals surface area contributed by atoms with Crippen LogP contribution < -0.4 is 4.74 Å². The van der Waals surface area contributed by atoms with Gasteiger partial charge in [0.1, 0.15) is 21.8 Å². The molecule has 2 aromatic carbocycles. The molecule has 8 heteroatoms. The van der Waals surface area contributed by atoms with E-state index in [4.69, 9.17) is 4.74 Å². The minimum Gasteiger partial charge on any atom is -0.490 e. The predicted molar refractivity (Wildman–Crippen MR) is 132 cm³/mol. The monoisotopic (exact) mass is 476 g/mol. The zero-order valence-electron chi connectivity index (χ0n) is 20.0. The van der Waals surface area contributed by atoms with E-state index in [-0.39, 0.29) is 12.1 Å². The van der Waals surface area contributed by atoms with Crippen molar-refractivity contribution in [2.75, 3.05) is 0 Å². The van der Waals surface area contributed by atoms with Gasteiger partial charge in [-0.3, -0.25) is 4.90 Å². The van der Waals surface area contributed by atoms with Gasteiger partial charge in [0.15, 0.2) is 0 Å². The van der Waals surface area contributed by atoms with Crippen LogP contribution in [0.25, 0.3) is 21.1 Å². The van der Waals surface area contributed by atoms with Crippen molar-refractivity contribution in [2.24, 2.45) is 0 Å². The third-order valence-electron chi connectivity index (χ3n) is 5.84. The smallest absolute Gasteiger partial charge is 0.408 e. The number of aromatic nitrogens is 2. The molecule has 0 aliphatic heterocycles. The fourth-order valence-corrected chi connectivity index (χ4v) is 5.44. The van der Waals surface area contributed by atoms with Gasteiger partial charge in [-0.2, -0.15) is 5.26 Å². The van der Waals surface area contributed by atoms with Gasteiger partial charge >= 0.3 is 6.09 Å². The van der Waals surface area contributed by atoms with E-state index in [1.165, 1.54) is 11.3 Å². The average molecular weight is 477 g/mol. The molecule has 1 aliphatic rings. The highest BCUT2D eigenvalue weighted by molar-refractivity contribution is 7.17. The van der Waals surface area contributed by atoms with E-state index in [2.05, 4.69) is 16.3 Å². The van der Waals surface area contributed by atoms with E-state index >= 15 is 0 Å². The summed E-state index contributed by atoms with van der Waals surface area (Å²) in [7, 11) is 0. The Hall–Kier alpha value is -3.44. The van der Waals surface area contributed by atoms with Crippen molar-refractivity contribution in [2.45, 2.75) is 65.1 Å². The highest BCUT2D eigenvalue weighted by atomic mass is 32.1. The first-order chi connectivity index (χ1) is 16.1. The van der Waals surface area contributed by atoms with E-state index in [9.17, 15) is 15.2 Å². The standard InChI is InChI=1S/C26H28N4O3S/c1-15(2)33-22-12-9-16(13-17(22)14-27)23-28-29-24(34-23)20-8-6-7-19-18(20)10-11-21(19)30(25(31)32)26(3,4)5/h6-9,12-13,15,21H,10-11H2,1-5H3,(H,31,32)/t21-/m0/s1. The van der Waals surface area contributed by atoms with E-state index < -0.39 is 11.6 Å². The quantitative estimate of drug-likeness (QED) is 0.464. The molecule has 0 bridgehead atoms. The minimum absolute atomic E-state index is 0.0228. The van der Waals surface area contributed by atoms with Gasteiger partial charge in [-0.05, 0) is 76.8 Å². The third-order valence-corrected chi connectivity index (χ3v) is 6.85. The van der Waals surface area contributed by atoms with Gasteiger partial charge in [0.05, 0.1) is 17.7 Å². The predicted octanol–water partition coefficient (Wildman–Crippen LogP) is 6.30. The molecule has 1 aromatic heterocycles. The molecule has 0 radical (unpaired) electrons. The summed E-state index contributed by atoms with van der Waals surface area (Å²) in [6.45, 7) is 9.62. The zero-order chi connectivity index (χ0) is 24.6. The Morgan fingerprint density at radius 3 is 2.62 bits per heavy atom. The SMILES string of the molecule is CC(C)Oc1ccc(-c2nnc(-c3cccc4c3CC[C@@H]4N(C(=O)O)C(C)(C)C)s2)cc1C#N. The van der Waals surface area contributed by atoms with Gasteiger partial charge in [0, 0.05) is 16.7 Å². The van der Waals surface area contributed by atoms with Crippen molar-refractivity contribution >= 4 is 17.4 Å².